The first-order valence-electron chi connectivity index (χ1n) is 11.9. The summed E-state index contributed by atoms with van der Waals surface area (Å²) in [5.74, 6) is 0. The van der Waals surface area contributed by atoms with Crippen LogP contribution in [0, 0.1) is 29.2 Å². The van der Waals surface area contributed by atoms with Crippen LogP contribution in [0.3, 0.4) is 0 Å². The van der Waals surface area contributed by atoms with Crippen molar-refractivity contribution in [2.45, 2.75) is 9.79 Å². The molecule has 0 bridgehead atoms. The van der Waals surface area contributed by atoms with Crippen LogP contribution in [0.2, 0.25) is 0 Å². The molecule has 7 aromatic rings. The van der Waals surface area contributed by atoms with Crippen LogP contribution in [0.25, 0.3) is 65.0 Å². The molecule has 1 aliphatic rings. The molecule has 1 aliphatic heterocycles. The lowest BCUT2D eigenvalue weighted by molar-refractivity contribution is 0.684. The summed E-state index contributed by atoms with van der Waals surface area (Å²) in [4.78, 5) is 23.6. The average Bonchev–Trinajstić information content (AvgIpc) is 2.97. The number of fused-ring (bicyclic) bond motifs is 5. The zero-order valence-electron chi connectivity index (χ0n) is 19.8. The summed E-state index contributed by atoms with van der Waals surface area (Å²) >= 11 is 0. The Labute approximate surface area is 222 Å². The standard InChI is InChI=1S/C31H11N5O2S/c1-34-22-12-19-27-20(31(37)36-23-7-3-5-16-4-2-6-21(26(16)23)35-30(19)36)11-17(14-33)25-18-10-15(13-32)8-9-24(18)39(38)29(22)28(25)27/h2-12H. The van der Waals surface area contributed by atoms with Crippen LogP contribution in [-0.4, -0.2) is 13.6 Å². The van der Waals surface area contributed by atoms with Crippen LogP contribution in [0.5, 0.6) is 0 Å². The minimum absolute atomic E-state index is 0.169. The molecule has 2 aromatic heterocycles. The van der Waals surface area contributed by atoms with Crippen molar-refractivity contribution in [1.82, 2.24) is 9.38 Å². The first-order valence-corrected chi connectivity index (χ1v) is 13.1. The predicted octanol–water partition coefficient (Wildman–Crippen LogP) is 6.19. The van der Waals surface area contributed by atoms with E-state index in [0.717, 1.165) is 10.8 Å². The van der Waals surface area contributed by atoms with Crippen LogP contribution in [-0.2, 0) is 10.8 Å². The summed E-state index contributed by atoms with van der Waals surface area (Å²) in [7, 11) is -1.77. The smallest absolute Gasteiger partial charge is 0.264 e. The Morgan fingerprint density at radius 1 is 0.923 bits per heavy atom. The summed E-state index contributed by atoms with van der Waals surface area (Å²) in [6, 6.07) is 23.8. The molecule has 0 saturated heterocycles. The second kappa shape index (κ2) is 7.24. The number of benzene rings is 5. The molecular formula is C31H11N5O2S. The average molecular weight is 518 g/mol. The summed E-state index contributed by atoms with van der Waals surface area (Å²) in [5, 5.41) is 23.4. The van der Waals surface area contributed by atoms with Crippen LogP contribution in [0.4, 0.5) is 5.69 Å². The third kappa shape index (κ3) is 2.50. The van der Waals surface area contributed by atoms with Gasteiger partial charge < -0.3 is 0 Å². The van der Waals surface area contributed by atoms with Gasteiger partial charge >= 0.3 is 0 Å². The fraction of sp³-hybridized carbons (Fsp3) is 0. The van der Waals surface area contributed by atoms with Gasteiger partial charge in [-0.05, 0) is 53.2 Å². The predicted molar refractivity (Wildman–Crippen MR) is 148 cm³/mol. The van der Waals surface area contributed by atoms with Crippen LogP contribution in [0.15, 0.2) is 81.3 Å². The van der Waals surface area contributed by atoms with E-state index in [9.17, 15) is 19.5 Å². The molecule has 0 aliphatic carbocycles. The third-order valence-corrected chi connectivity index (χ3v) is 9.10. The van der Waals surface area contributed by atoms with Crippen molar-refractivity contribution in [2.24, 2.45) is 0 Å². The lowest BCUT2D eigenvalue weighted by Crippen LogP contribution is -2.18. The number of nitriles is 2. The highest BCUT2D eigenvalue weighted by atomic mass is 32.2. The molecule has 8 rings (SSSR count). The molecule has 0 spiro atoms. The Morgan fingerprint density at radius 2 is 1.74 bits per heavy atom. The molecule has 0 fully saturated rings. The van der Waals surface area contributed by atoms with Crippen molar-refractivity contribution < 1.29 is 4.21 Å². The van der Waals surface area contributed by atoms with E-state index in [1.165, 1.54) is 0 Å². The molecule has 7 nitrogen and oxygen atoms in total. The van der Waals surface area contributed by atoms with Crippen molar-refractivity contribution in [3.8, 4) is 23.3 Å². The number of pyridine rings is 1. The van der Waals surface area contributed by atoms with E-state index in [2.05, 4.69) is 17.0 Å². The van der Waals surface area contributed by atoms with Gasteiger partial charge in [0.15, 0.2) is 0 Å². The molecule has 0 amide bonds. The van der Waals surface area contributed by atoms with Gasteiger partial charge in [-0.1, -0.05) is 24.3 Å². The SMILES string of the molecule is [C-]#[N+]c1cc2c3c4c(c(C#N)cc3c(=O)n3c5cccc6cccc(nc23)c65)-c2cc(C#N)ccc2S(=O)c14. The maximum absolute atomic E-state index is 14.2. The Balaban J connectivity index is 1.73. The largest absolute Gasteiger partial charge is 0.268 e. The quantitative estimate of drug-likeness (QED) is 0.136. The molecule has 0 radical (unpaired) electrons. The highest BCUT2D eigenvalue weighted by Crippen LogP contribution is 2.50. The van der Waals surface area contributed by atoms with Crippen molar-refractivity contribution >= 4 is 65.5 Å². The van der Waals surface area contributed by atoms with Gasteiger partial charge in [0.25, 0.3) is 5.56 Å². The molecule has 39 heavy (non-hydrogen) atoms. The molecule has 3 heterocycles. The highest BCUT2D eigenvalue weighted by Gasteiger charge is 2.32. The van der Waals surface area contributed by atoms with Crippen LogP contribution >= 0.6 is 0 Å². The Hall–Kier alpha value is -5.62. The lowest BCUT2D eigenvalue weighted by Gasteiger charge is -2.24. The van der Waals surface area contributed by atoms with Crippen molar-refractivity contribution in [3.05, 3.63) is 99.6 Å². The second-order valence-corrected chi connectivity index (χ2v) is 10.8. The summed E-state index contributed by atoms with van der Waals surface area (Å²) in [5.41, 5.74) is 3.12. The fourth-order valence-corrected chi connectivity index (χ4v) is 7.46. The summed E-state index contributed by atoms with van der Waals surface area (Å²) < 4.78 is 15.5. The molecule has 0 saturated carbocycles. The Morgan fingerprint density at radius 3 is 2.51 bits per heavy atom. The number of nitrogens with zero attached hydrogens (tertiary/aromatic N) is 5. The maximum Gasteiger partial charge on any atom is 0.264 e. The normalized spacial score (nSPS) is 14.0. The van der Waals surface area contributed by atoms with Gasteiger partial charge in [-0.2, -0.15) is 10.5 Å². The Kier molecular flexibility index (Phi) is 3.98. The molecule has 178 valence electrons. The fourth-order valence-electron chi connectivity index (χ4n) is 6.01. The van der Waals surface area contributed by atoms with E-state index in [1.54, 1.807) is 34.7 Å². The van der Waals surface area contributed by atoms with Gasteiger partial charge in [0.1, 0.15) is 5.65 Å². The van der Waals surface area contributed by atoms with Gasteiger partial charge in [-0.15, -0.1) is 0 Å². The van der Waals surface area contributed by atoms with E-state index < -0.39 is 10.8 Å². The van der Waals surface area contributed by atoms with E-state index >= 15 is 0 Å². The molecule has 5 aromatic carbocycles. The van der Waals surface area contributed by atoms with Gasteiger partial charge in [0, 0.05) is 27.3 Å². The number of hydrogen-bond donors (Lipinski definition) is 0. The van der Waals surface area contributed by atoms with E-state index in [0.29, 0.717) is 54.4 Å². The number of aromatic nitrogens is 2. The first-order chi connectivity index (χ1) is 19.0. The lowest BCUT2D eigenvalue weighted by atomic mass is 9.88. The third-order valence-electron chi connectivity index (χ3n) is 7.56. The minimum Gasteiger partial charge on any atom is -0.268 e. The van der Waals surface area contributed by atoms with Crippen molar-refractivity contribution in [1.29, 1.82) is 10.5 Å². The monoisotopic (exact) mass is 517 g/mol. The molecular weight excluding hydrogens is 506 g/mol. The summed E-state index contributed by atoms with van der Waals surface area (Å²) in [6.07, 6.45) is 0. The van der Waals surface area contributed by atoms with Crippen molar-refractivity contribution in [2.75, 3.05) is 0 Å². The van der Waals surface area contributed by atoms with Crippen LogP contribution in [0.1, 0.15) is 11.1 Å². The van der Waals surface area contributed by atoms with Gasteiger partial charge in [-0.3, -0.25) is 13.4 Å². The number of hydrogen-bond acceptors (Lipinski definition) is 5. The van der Waals surface area contributed by atoms with Gasteiger partial charge in [0.2, 0.25) is 5.69 Å². The summed E-state index contributed by atoms with van der Waals surface area (Å²) in [6.45, 7) is 7.98. The zero-order valence-corrected chi connectivity index (χ0v) is 20.6. The van der Waals surface area contributed by atoms with Gasteiger partial charge in [0.05, 0.1) is 66.8 Å². The second-order valence-electron chi connectivity index (χ2n) is 9.41. The highest BCUT2D eigenvalue weighted by molar-refractivity contribution is 7.85. The first kappa shape index (κ1) is 21.5. The minimum atomic E-state index is -1.77. The van der Waals surface area contributed by atoms with Crippen LogP contribution < -0.4 is 5.56 Å². The molecule has 1 atom stereocenters. The Bertz CT molecular complexity index is 2520. The molecule has 0 N–H and O–H groups in total. The van der Waals surface area contributed by atoms with Gasteiger partial charge in [-0.25, -0.2) is 9.83 Å². The van der Waals surface area contributed by atoms with Crippen molar-refractivity contribution in [3.63, 3.8) is 0 Å². The zero-order chi connectivity index (χ0) is 26.6. The number of rotatable bonds is 0. The molecule has 8 heteroatoms. The molecule has 1 unspecified atom stereocenters. The topological polar surface area (TPSA) is 103 Å². The van der Waals surface area contributed by atoms with E-state index in [4.69, 9.17) is 11.6 Å². The maximum atomic E-state index is 14.2. The van der Waals surface area contributed by atoms with E-state index in [1.807, 2.05) is 36.4 Å². The van der Waals surface area contributed by atoms with E-state index in [-0.39, 0.29) is 27.1 Å².